The van der Waals surface area contributed by atoms with Crippen molar-refractivity contribution in [1.82, 2.24) is 0 Å². The third-order valence-corrected chi connectivity index (χ3v) is 5.00. The number of aliphatic hydroxyl groups excluding tert-OH is 2. The van der Waals surface area contributed by atoms with E-state index in [1.54, 1.807) is 24.3 Å². The van der Waals surface area contributed by atoms with Crippen molar-refractivity contribution in [2.45, 2.75) is 75.1 Å². The number of aliphatic hydroxyl groups is 2. The van der Waals surface area contributed by atoms with E-state index in [1.807, 2.05) is 6.07 Å². The summed E-state index contributed by atoms with van der Waals surface area (Å²) >= 11 is 0. The van der Waals surface area contributed by atoms with Crippen molar-refractivity contribution in [2.24, 2.45) is 0 Å². The largest absolute Gasteiger partial charge is 1.00 e. The number of ether oxygens (including phenoxy) is 2. The number of Topliss-reactive ketones (excluding diaryl/α,β-unsaturated/α-hetero) is 1. The molecular weight excluding hydrogens is 547 g/mol. The first-order chi connectivity index (χ1) is 15.8. The van der Waals surface area contributed by atoms with Crippen LogP contribution in [0.4, 0.5) is 0 Å². The number of carbonyl (C=O) groups excluding carboxylic acids is 2. The monoisotopic (exact) mass is 600 g/mol. The Bertz CT molecular complexity index is 949. The van der Waals surface area contributed by atoms with Crippen LogP contribution in [0.1, 0.15) is 91.0 Å². The van der Waals surface area contributed by atoms with Crippen LogP contribution in [-0.2, 0) is 19.6 Å². The smallest absolute Gasteiger partial charge is 0.744 e. The minimum absolute atomic E-state index is 0. The molecule has 2 N–H and O–H groups in total. The van der Waals surface area contributed by atoms with E-state index >= 15 is 0 Å². The van der Waals surface area contributed by atoms with Gasteiger partial charge in [-0.1, -0.05) is 74.9 Å². The van der Waals surface area contributed by atoms with Crippen LogP contribution < -0.4 is 29.6 Å². The molecule has 230 valence electrons. The molecule has 40 heavy (non-hydrogen) atoms. The van der Waals surface area contributed by atoms with E-state index in [4.69, 9.17) is 19.7 Å². The first-order valence-corrected chi connectivity index (χ1v) is 11.8. The minimum Gasteiger partial charge on any atom is -0.744 e. The van der Waals surface area contributed by atoms with Gasteiger partial charge in [-0.3, -0.25) is 4.79 Å². The first kappa shape index (κ1) is 54.5. The molecule has 0 atom stereocenters. The van der Waals surface area contributed by atoms with Gasteiger partial charge in [0.1, 0.15) is 16.7 Å². The Morgan fingerprint density at radius 3 is 1.73 bits per heavy atom. The van der Waals surface area contributed by atoms with Crippen LogP contribution in [0.2, 0.25) is 0 Å². The molecule has 0 bridgehead atoms. The number of hydrogen-bond acceptors (Lipinski definition) is 9. The SMILES string of the molecule is C.C.C.C.C.C.O=C(COCCCCOC(=O)c1ccccc1)c1cccc(S(=O)(=O)[O-])c1.OCCCCO.[Na+]. The fourth-order valence-electron chi connectivity index (χ4n) is 2.43. The van der Waals surface area contributed by atoms with Crippen molar-refractivity contribution < 1.29 is 71.8 Å². The number of ketones is 1. The molecule has 0 saturated heterocycles. The van der Waals surface area contributed by atoms with Gasteiger partial charge in [-0.15, -0.1) is 0 Å². The zero-order chi connectivity index (χ0) is 24.5. The fourth-order valence-corrected chi connectivity index (χ4v) is 2.94. The van der Waals surface area contributed by atoms with Crippen molar-refractivity contribution in [3.05, 3.63) is 65.7 Å². The van der Waals surface area contributed by atoms with Gasteiger partial charge in [0.15, 0.2) is 5.78 Å². The number of carbonyl (C=O) groups is 2. The maximum atomic E-state index is 12.0. The van der Waals surface area contributed by atoms with E-state index in [1.165, 1.54) is 12.1 Å². The van der Waals surface area contributed by atoms with Gasteiger partial charge in [0.2, 0.25) is 0 Å². The number of hydrogen-bond donors (Lipinski definition) is 2. The second-order valence-corrected chi connectivity index (χ2v) is 8.20. The zero-order valence-corrected chi connectivity index (χ0v) is 22.0. The number of unbranched alkanes of at least 4 members (excludes halogenated alkanes) is 2. The third kappa shape index (κ3) is 24.2. The quantitative estimate of drug-likeness (QED) is 0.116. The molecule has 0 saturated carbocycles. The van der Waals surface area contributed by atoms with Gasteiger partial charge >= 0.3 is 35.5 Å². The predicted molar refractivity (Wildman–Crippen MR) is 159 cm³/mol. The van der Waals surface area contributed by atoms with Gasteiger partial charge in [0.05, 0.1) is 17.1 Å². The summed E-state index contributed by atoms with van der Waals surface area (Å²) in [4.78, 5) is 23.2. The van der Waals surface area contributed by atoms with Crippen molar-refractivity contribution >= 4 is 21.9 Å². The van der Waals surface area contributed by atoms with E-state index < -0.39 is 20.8 Å². The van der Waals surface area contributed by atoms with Crippen molar-refractivity contribution in [2.75, 3.05) is 33.0 Å². The number of rotatable bonds is 13. The van der Waals surface area contributed by atoms with Crippen LogP contribution >= 0.6 is 0 Å². The Balaban J connectivity index is -0.000000152. The van der Waals surface area contributed by atoms with Crippen LogP contribution in [0.5, 0.6) is 0 Å². The molecule has 0 spiro atoms. The van der Waals surface area contributed by atoms with Crippen LogP contribution in [-0.4, -0.2) is 68.0 Å². The van der Waals surface area contributed by atoms with Crippen LogP contribution in [0.25, 0.3) is 0 Å². The molecule has 0 aliphatic rings. The van der Waals surface area contributed by atoms with Crippen molar-refractivity contribution in [3.63, 3.8) is 0 Å². The average molecular weight is 601 g/mol. The standard InChI is InChI=1S/C19H20O7S.C4H10O2.6CH4.Na/c20-18(16-9-6-10-17(13-16)27(22,23)24)14-25-11-4-5-12-26-19(21)15-7-2-1-3-8-15;5-3-1-2-4-6;;;;;;;/h1-3,6-10,13H,4-5,11-12,14H2,(H,22,23,24);5-6H,1-4H2;6*1H4;/q;;;;;;;;+1/p-1. The predicted octanol–water partition coefficient (Wildman–Crippen LogP) is 3.00. The number of benzene rings is 2. The molecule has 0 aliphatic carbocycles. The van der Waals surface area contributed by atoms with E-state index in [0.29, 0.717) is 18.4 Å². The summed E-state index contributed by atoms with van der Waals surface area (Å²) in [6, 6.07) is 13.6. The normalized spacial score (nSPS) is 8.88. The molecule has 2 rings (SSSR count). The molecule has 0 aromatic heterocycles. The van der Waals surface area contributed by atoms with Gasteiger partial charge in [-0.05, 0) is 49.9 Å². The summed E-state index contributed by atoms with van der Waals surface area (Å²) in [5.74, 6) is -0.809. The topological polar surface area (TPSA) is 150 Å². The Morgan fingerprint density at radius 1 is 0.725 bits per heavy atom. The second kappa shape index (κ2) is 31.9. The maximum Gasteiger partial charge on any atom is 1.00 e. The molecule has 0 radical (unpaired) electrons. The van der Waals surface area contributed by atoms with E-state index in [0.717, 1.165) is 25.0 Å². The molecule has 2 aromatic carbocycles. The van der Waals surface area contributed by atoms with Gasteiger partial charge in [0, 0.05) is 25.4 Å². The summed E-state index contributed by atoms with van der Waals surface area (Å²) in [6.07, 6.45) is 2.61. The molecule has 11 heteroatoms. The Kier molecular flexibility index (Phi) is 43.4. The molecule has 9 nitrogen and oxygen atoms in total. The first-order valence-electron chi connectivity index (χ1n) is 10.4. The van der Waals surface area contributed by atoms with E-state index in [9.17, 15) is 22.6 Å². The molecule has 0 fully saturated rings. The molecule has 0 heterocycles. The van der Waals surface area contributed by atoms with Gasteiger partial charge in [-0.25, -0.2) is 13.2 Å². The summed E-state index contributed by atoms with van der Waals surface area (Å²) in [6.45, 7) is 0.690. The molecule has 0 amide bonds. The summed E-state index contributed by atoms with van der Waals surface area (Å²) < 4.78 is 43.3. The van der Waals surface area contributed by atoms with E-state index in [2.05, 4.69) is 0 Å². The molecule has 2 aromatic rings. The van der Waals surface area contributed by atoms with E-state index in [-0.39, 0.29) is 119 Å². The fraction of sp³-hybridized carbons (Fsp3) is 0.517. The maximum absolute atomic E-state index is 12.0. The zero-order valence-electron chi connectivity index (χ0n) is 19.2. The van der Waals surface area contributed by atoms with Crippen LogP contribution in [0, 0.1) is 0 Å². The van der Waals surface area contributed by atoms with Crippen LogP contribution in [0.3, 0.4) is 0 Å². The third-order valence-electron chi connectivity index (χ3n) is 4.17. The van der Waals surface area contributed by atoms with Crippen molar-refractivity contribution in [3.8, 4) is 0 Å². The Morgan fingerprint density at radius 2 is 1.23 bits per heavy atom. The van der Waals surface area contributed by atoms with Gasteiger partial charge in [-0.2, -0.15) is 0 Å². The Hall–Kier alpha value is -1.63. The van der Waals surface area contributed by atoms with Crippen molar-refractivity contribution in [1.29, 1.82) is 0 Å². The minimum atomic E-state index is -4.61. The molecule has 0 unspecified atom stereocenters. The van der Waals surface area contributed by atoms with Gasteiger partial charge in [0.25, 0.3) is 0 Å². The average Bonchev–Trinajstić information content (AvgIpc) is 2.82. The van der Waals surface area contributed by atoms with Gasteiger partial charge < -0.3 is 24.2 Å². The second-order valence-electron chi connectivity index (χ2n) is 6.82. The summed E-state index contributed by atoms with van der Waals surface area (Å²) in [5.41, 5.74) is 0.588. The van der Waals surface area contributed by atoms with Crippen LogP contribution in [0.15, 0.2) is 59.5 Å². The Labute approximate surface area is 266 Å². The number of esters is 1. The molecule has 0 aliphatic heterocycles. The summed E-state index contributed by atoms with van der Waals surface area (Å²) in [5, 5.41) is 16.2. The molecular formula is C29H53NaO9S. The summed E-state index contributed by atoms with van der Waals surface area (Å²) in [7, 11) is -4.61.